The number of esters is 1. The fraction of sp³-hybridized carbons (Fsp3) is 0.667. The second kappa shape index (κ2) is 14.0. The molecular formula is C27H41ClO3. The minimum absolute atomic E-state index is 0.0145. The molecule has 3 nitrogen and oxygen atoms in total. The van der Waals surface area contributed by atoms with Gasteiger partial charge in [-0.15, -0.1) is 11.6 Å². The first-order valence-electron chi connectivity index (χ1n) is 12.2. The molecule has 0 aliphatic heterocycles. The van der Waals surface area contributed by atoms with Crippen LogP contribution in [0.2, 0.25) is 0 Å². The maximum atomic E-state index is 11.6. The third-order valence-corrected chi connectivity index (χ3v) is 6.69. The number of allylic oxidation sites excluding steroid dienone is 2. The Balaban J connectivity index is 1.84. The number of aliphatic hydroxyl groups excluding tert-OH is 1. The van der Waals surface area contributed by atoms with Gasteiger partial charge in [0.1, 0.15) is 0 Å². The summed E-state index contributed by atoms with van der Waals surface area (Å²) in [7, 11) is 0. The number of aliphatic hydroxyl groups is 1. The van der Waals surface area contributed by atoms with E-state index in [9.17, 15) is 9.90 Å². The van der Waals surface area contributed by atoms with Crippen molar-refractivity contribution in [2.24, 2.45) is 5.92 Å². The van der Waals surface area contributed by atoms with Crippen molar-refractivity contribution in [1.29, 1.82) is 0 Å². The van der Waals surface area contributed by atoms with Gasteiger partial charge in [-0.2, -0.15) is 0 Å². The third-order valence-electron chi connectivity index (χ3n) is 6.18. The Labute approximate surface area is 194 Å². The van der Waals surface area contributed by atoms with Gasteiger partial charge in [-0.1, -0.05) is 62.6 Å². The summed E-state index contributed by atoms with van der Waals surface area (Å²) in [5.41, 5.74) is 2.57. The van der Waals surface area contributed by atoms with Crippen molar-refractivity contribution < 1.29 is 14.6 Å². The summed E-state index contributed by atoms with van der Waals surface area (Å²) in [5, 5.41) is 10.7. The van der Waals surface area contributed by atoms with Gasteiger partial charge in [0, 0.05) is 17.7 Å². The fourth-order valence-electron chi connectivity index (χ4n) is 4.55. The van der Waals surface area contributed by atoms with Crippen molar-refractivity contribution in [2.45, 2.75) is 108 Å². The van der Waals surface area contributed by atoms with E-state index in [0.29, 0.717) is 12.8 Å². The molecule has 0 radical (unpaired) electrons. The van der Waals surface area contributed by atoms with Gasteiger partial charge in [0.05, 0.1) is 12.2 Å². The van der Waals surface area contributed by atoms with Crippen molar-refractivity contribution in [3.05, 3.63) is 47.5 Å². The van der Waals surface area contributed by atoms with Gasteiger partial charge in [0.25, 0.3) is 0 Å². The van der Waals surface area contributed by atoms with Gasteiger partial charge in [-0.25, -0.2) is 0 Å². The van der Waals surface area contributed by atoms with E-state index in [1.807, 2.05) is 13.8 Å². The maximum Gasteiger partial charge on any atom is 0.306 e. The number of alkyl halides is 1. The first-order chi connectivity index (χ1) is 14.9. The van der Waals surface area contributed by atoms with Crippen LogP contribution in [0.1, 0.15) is 95.6 Å². The van der Waals surface area contributed by atoms with Gasteiger partial charge >= 0.3 is 5.97 Å². The fourth-order valence-corrected chi connectivity index (χ4v) is 4.99. The average molecular weight is 449 g/mol. The number of rotatable bonds is 13. The number of halogens is 1. The standard InChI is InChI=1S/C27H41ClO3/c1-4-5-6-9-12-21-15-17-22(18-16-21)27-23(24(28)19-25(27)29)13-10-7-8-11-14-26(30)31-20(2)3/h7,10,15-18,20,23-25,27,29H,4-6,8-9,11-14,19H2,1-3H3/b10-7-/t23-,24+,25+,27+/m0/s1. The number of aryl methyl sites for hydroxylation is 1. The van der Waals surface area contributed by atoms with Crippen molar-refractivity contribution in [3.8, 4) is 0 Å². The Morgan fingerprint density at radius 2 is 1.90 bits per heavy atom. The summed E-state index contributed by atoms with van der Waals surface area (Å²) < 4.78 is 5.16. The van der Waals surface area contributed by atoms with E-state index >= 15 is 0 Å². The second-order valence-corrected chi connectivity index (χ2v) is 9.76. The normalized spacial score (nSPS) is 23.7. The van der Waals surface area contributed by atoms with E-state index in [4.69, 9.17) is 16.3 Å². The van der Waals surface area contributed by atoms with Crippen LogP contribution in [0.4, 0.5) is 0 Å². The molecule has 4 atom stereocenters. The van der Waals surface area contributed by atoms with E-state index in [0.717, 1.165) is 25.7 Å². The topological polar surface area (TPSA) is 46.5 Å². The lowest BCUT2D eigenvalue weighted by molar-refractivity contribution is -0.147. The Morgan fingerprint density at radius 3 is 2.58 bits per heavy atom. The largest absolute Gasteiger partial charge is 0.463 e. The molecule has 0 amide bonds. The van der Waals surface area contributed by atoms with Crippen molar-refractivity contribution in [2.75, 3.05) is 0 Å². The second-order valence-electron chi connectivity index (χ2n) is 9.20. The Kier molecular flexibility index (Phi) is 11.7. The van der Waals surface area contributed by atoms with Crippen LogP contribution in [0.5, 0.6) is 0 Å². The van der Waals surface area contributed by atoms with E-state index in [-0.39, 0.29) is 35.4 Å². The molecule has 1 aliphatic carbocycles. The molecule has 0 saturated heterocycles. The number of unbranched alkanes of at least 4 members (excludes halogenated alkanes) is 4. The van der Waals surface area contributed by atoms with Crippen molar-refractivity contribution in [1.82, 2.24) is 0 Å². The molecule has 1 fully saturated rings. The number of carbonyl (C=O) groups is 1. The van der Waals surface area contributed by atoms with Crippen molar-refractivity contribution in [3.63, 3.8) is 0 Å². The van der Waals surface area contributed by atoms with E-state index in [1.165, 1.54) is 36.8 Å². The van der Waals surface area contributed by atoms with Crippen LogP contribution in [0.15, 0.2) is 36.4 Å². The van der Waals surface area contributed by atoms with E-state index in [2.05, 4.69) is 43.3 Å². The highest BCUT2D eigenvalue weighted by Crippen LogP contribution is 2.44. The average Bonchev–Trinajstić information content (AvgIpc) is 3.01. The molecule has 1 N–H and O–H groups in total. The minimum Gasteiger partial charge on any atom is -0.463 e. The lowest BCUT2D eigenvalue weighted by Crippen LogP contribution is -2.18. The zero-order valence-electron chi connectivity index (χ0n) is 19.6. The lowest BCUT2D eigenvalue weighted by atomic mass is 9.85. The van der Waals surface area contributed by atoms with Crippen LogP contribution in [-0.4, -0.2) is 28.7 Å². The maximum absolute atomic E-state index is 11.6. The molecule has 0 heterocycles. The van der Waals surface area contributed by atoms with E-state index < -0.39 is 0 Å². The highest BCUT2D eigenvalue weighted by molar-refractivity contribution is 6.21. The van der Waals surface area contributed by atoms with Gasteiger partial charge < -0.3 is 9.84 Å². The number of benzene rings is 1. The quantitative estimate of drug-likeness (QED) is 0.154. The van der Waals surface area contributed by atoms with Gasteiger partial charge in [-0.3, -0.25) is 4.79 Å². The van der Waals surface area contributed by atoms with E-state index in [1.54, 1.807) is 0 Å². The van der Waals surface area contributed by atoms with Gasteiger partial charge in [-0.05, 0) is 69.4 Å². The molecule has 0 spiro atoms. The van der Waals surface area contributed by atoms with Gasteiger partial charge in [0.15, 0.2) is 0 Å². The molecule has 1 aromatic rings. The van der Waals surface area contributed by atoms with Crippen LogP contribution < -0.4 is 0 Å². The molecular weight excluding hydrogens is 408 g/mol. The summed E-state index contributed by atoms with van der Waals surface area (Å²) in [4.78, 5) is 11.6. The highest BCUT2D eigenvalue weighted by atomic mass is 35.5. The third kappa shape index (κ3) is 8.98. The molecule has 0 bridgehead atoms. The van der Waals surface area contributed by atoms with Gasteiger partial charge in [0.2, 0.25) is 0 Å². The summed E-state index contributed by atoms with van der Waals surface area (Å²) in [6.07, 6.45) is 13.7. The number of ether oxygens (including phenoxy) is 1. The minimum atomic E-state index is -0.387. The number of hydrogen-bond donors (Lipinski definition) is 1. The summed E-state index contributed by atoms with van der Waals surface area (Å²) in [6, 6.07) is 8.82. The first kappa shape index (κ1) is 25.9. The number of hydrogen-bond acceptors (Lipinski definition) is 3. The molecule has 0 unspecified atom stereocenters. The molecule has 1 saturated carbocycles. The molecule has 4 heteroatoms. The molecule has 1 aliphatic rings. The first-order valence-corrected chi connectivity index (χ1v) is 12.6. The highest BCUT2D eigenvalue weighted by Gasteiger charge is 2.41. The monoisotopic (exact) mass is 448 g/mol. The summed E-state index contributed by atoms with van der Waals surface area (Å²) in [5.74, 6) is 0.188. The molecule has 31 heavy (non-hydrogen) atoms. The Bertz CT molecular complexity index is 668. The van der Waals surface area contributed by atoms with Crippen LogP contribution >= 0.6 is 11.6 Å². The van der Waals surface area contributed by atoms with Crippen LogP contribution in [0.3, 0.4) is 0 Å². The van der Waals surface area contributed by atoms with Crippen LogP contribution in [-0.2, 0) is 16.0 Å². The van der Waals surface area contributed by atoms with Crippen LogP contribution in [0, 0.1) is 5.92 Å². The lowest BCUT2D eigenvalue weighted by Gasteiger charge is -2.23. The van der Waals surface area contributed by atoms with Crippen LogP contribution in [0.25, 0.3) is 0 Å². The summed E-state index contributed by atoms with van der Waals surface area (Å²) in [6.45, 7) is 5.98. The molecule has 0 aromatic heterocycles. The van der Waals surface area contributed by atoms with Crippen molar-refractivity contribution >= 4 is 17.6 Å². The SMILES string of the molecule is CCCCCCc1ccc([C@@H]2[C@@H](C/C=C\CCCC(=O)OC(C)C)[C@H](Cl)C[C@H]2O)cc1. The predicted octanol–water partition coefficient (Wildman–Crippen LogP) is 6.95. The Morgan fingerprint density at radius 1 is 1.16 bits per heavy atom. The molecule has 2 rings (SSSR count). The summed E-state index contributed by atoms with van der Waals surface area (Å²) >= 11 is 6.62. The number of carbonyl (C=O) groups excluding carboxylic acids is 1. The zero-order valence-corrected chi connectivity index (χ0v) is 20.3. The Hall–Kier alpha value is -1.32. The smallest absolute Gasteiger partial charge is 0.306 e. The molecule has 1 aromatic carbocycles. The zero-order chi connectivity index (χ0) is 22.6. The molecule has 174 valence electrons. The predicted molar refractivity (Wildman–Crippen MR) is 130 cm³/mol.